The first-order chi connectivity index (χ1) is 4.31. The van der Waals surface area contributed by atoms with E-state index in [0.717, 1.165) is 0 Å². The second-order valence-electron chi connectivity index (χ2n) is 2.66. The average Bonchev–Trinajstić information content (AvgIpc) is 1.85. The highest BCUT2D eigenvalue weighted by molar-refractivity contribution is 6.31. The summed E-state index contributed by atoms with van der Waals surface area (Å²) in [4.78, 5) is 0. The topological polar surface area (TPSA) is 3.24 Å². The highest BCUT2D eigenvalue weighted by atomic mass is 28.2. The van der Waals surface area contributed by atoms with Crippen LogP contribution in [0.3, 0.4) is 0 Å². The van der Waals surface area contributed by atoms with Crippen LogP contribution in [0.25, 0.3) is 0 Å². The van der Waals surface area contributed by atoms with Crippen LogP contribution in [0.2, 0.25) is 6.04 Å². The molecule has 0 spiro atoms. The Balaban J connectivity index is 2.95. The van der Waals surface area contributed by atoms with Gasteiger partial charge in [-0.05, 0) is 20.0 Å². The first-order valence-electron chi connectivity index (χ1n) is 3.99. The Bertz CT molecular complexity index is 56.9. The summed E-state index contributed by atoms with van der Waals surface area (Å²) >= 11 is 0. The zero-order chi connectivity index (χ0) is 7.11. The molecule has 0 aromatic carbocycles. The molecule has 0 amide bonds. The fourth-order valence-corrected chi connectivity index (χ4v) is 2.13. The molecule has 0 saturated carbocycles. The van der Waals surface area contributed by atoms with Gasteiger partial charge in [0.25, 0.3) is 0 Å². The Morgan fingerprint density at radius 1 is 1.33 bits per heavy atom. The Labute approximate surface area is 61.3 Å². The van der Waals surface area contributed by atoms with Crippen LogP contribution in [0.1, 0.15) is 26.7 Å². The predicted molar refractivity (Wildman–Crippen MR) is 46.6 cm³/mol. The van der Waals surface area contributed by atoms with Gasteiger partial charge in [-0.3, -0.25) is 0 Å². The van der Waals surface area contributed by atoms with Crippen LogP contribution in [0.4, 0.5) is 0 Å². The second kappa shape index (κ2) is 6.30. The smallest absolute Gasteiger partial charge is 0.0944 e. The number of rotatable bonds is 5. The van der Waals surface area contributed by atoms with Gasteiger partial charge in [0.15, 0.2) is 0 Å². The second-order valence-corrected chi connectivity index (χ2v) is 5.18. The number of unbranched alkanes of at least 4 members (excludes halogenated alkanes) is 1. The summed E-state index contributed by atoms with van der Waals surface area (Å²) in [7, 11) is 2.41. The summed E-state index contributed by atoms with van der Waals surface area (Å²) in [5.41, 5.74) is 0. The maximum Gasteiger partial charge on any atom is 0.0944 e. The standard InChI is InChI=1S/C7H19NSi/c1-4-6-7-8(3)9-5-2/h4-7,9H2,1-3H3. The summed E-state index contributed by atoms with van der Waals surface area (Å²) in [5, 5.41) is 0. The van der Waals surface area contributed by atoms with E-state index >= 15 is 0 Å². The van der Waals surface area contributed by atoms with Crippen LogP contribution in [-0.2, 0) is 0 Å². The third-order valence-electron chi connectivity index (χ3n) is 1.50. The quantitative estimate of drug-likeness (QED) is 0.526. The summed E-state index contributed by atoms with van der Waals surface area (Å²) in [5.74, 6) is 0. The number of hydrogen-bond donors (Lipinski definition) is 0. The van der Waals surface area contributed by atoms with E-state index in [1.54, 1.807) is 0 Å². The summed E-state index contributed by atoms with van der Waals surface area (Å²) < 4.78 is 2.53. The van der Waals surface area contributed by atoms with Crippen LogP contribution >= 0.6 is 0 Å². The molecule has 0 aliphatic heterocycles. The van der Waals surface area contributed by atoms with Crippen molar-refractivity contribution < 1.29 is 0 Å². The molecule has 0 atom stereocenters. The molecule has 1 nitrogen and oxygen atoms in total. The van der Waals surface area contributed by atoms with Crippen molar-refractivity contribution in [2.45, 2.75) is 32.7 Å². The summed E-state index contributed by atoms with van der Waals surface area (Å²) in [6.07, 6.45) is 2.71. The fraction of sp³-hybridized carbons (Fsp3) is 1.00. The van der Waals surface area contributed by atoms with Crippen molar-refractivity contribution in [3.8, 4) is 0 Å². The van der Waals surface area contributed by atoms with Gasteiger partial charge >= 0.3 is 0 Å². The lowest BCUT2D eigenvalue weighted by Gasteiger charge is -2.13. The van der Waals surface area contributed by atoms with Gasteiger partial charge < -0.3 is 4.57 Å². The van der Waals surface area contributed by atoms with Crippen molar-refractivity contribution in [1.82, 2.24) is 4.57 Å². The molecule has 0 unspecified atom stereocenters. The molecular weight excluding hydrogens is 126 g/mol. The fourth-order valence-electron chi connectivity index (χ4n) is 0.922. The number of hydrogen-bond acceptors (Lipinski definition) is 1. The summed E-state index contributed by atoms with van der Waals surface area (Å²) in [6, 6.07) is 1.42. The van der Waals surface area contributed by atoms with Gasteiger partial charge in [0.05, 0.1) is 9.68 Å². The molecule has 0 saturated heterocycles. The van der Waals surface area contributed by atoms with E-state index in [9.17, 15) is 0 Å². The van der Waals surface area contributed by atoms with Gasteiger partial charge in [-0.25, -0.2) is 0 Å². The van der Waals surface area contributed by atoms with Crippen molar-refractivity contribution in [3.63, 3.8) is 0 Å². The maximum atomic E-state index is 2.53. The van der Waals surface area contributed by atoms with Crippen LogP contribution in [0.5, 0.6) is 0 Å². The molecular formula is C7H19NSi. The molecule has 0 bridgehead atoms. The van der Waals surface area contributed by atoms with E-state index in [-0.39, 0.29) is 9.68 Å². The SMILES string of the molecule is CCCCN(C)[SiH2]CC. The molecule has 0 aliphatic rings. The van der Waals surface area contributed by atoms with E-state index in [2.05, 4.69) is 25.5 Å². The molecule has 0 N–H and O–H groups in total. The minimum Gasteiger partial charge on any atom is -0.332 e. The molecule has 0 aromatic rings. The van der Waals surface area contributed by atoms with Crippen molar-refractivity contribution >= 4 is 9.68 Å². The Morgan fingerprint density at radius 2 is 2.00 bits per heavy atom. The van der Waals surface area contributed by atoms with E-state index in [1.807, 2.05) is 0 Å². The predicted octanol–water partition coefficient (Wildman–Crippen LogP) is 1.24. The molecule has 0 aromatic heterocycles. The molecule has 0 fully saturated rings. The van der Waals surface area contributed by atoms with E-state index < -0.39 is 0 Å². The third-order valence-corrected chi connectivity index (χ3v) is 3.03. The van der Waals surface area contributed by atoms with E-state index in [1.165, 1.54) is 25.4 Å². The lowest BCUT2D eigenvalue weighted by atomic mass is 10.3. The number of nitrogens with zero attached hydrogens (tertiary/aromatic N) is 1. The highest BCUT2D eigenvalue weighted by Gasteiger charge is 1.93. The van der Waals surface area contributed by atoms with Gasteiger partial charge in [0.2, 0.25) is 0 Å². The Kier molecular flexibility index (Phi) is 6.42. The van der Waals surface area contributed by atoms with Crippen LogP contribution in [0, 0.1) is 0 Å². The van der Waals surface area contributed by atoms with Crippen LogP contribution in [0.15, 0.2) is 0 Å². The minimum absolute atomic E-state index is 0.159. The molecule has 2 heteroatoms. The largest absolute Gasteiger partial charge is 0.332 e. The molecule has 56 valence electrons. The van der Waals surface area contributed by atoms with E-state index in [0.29, 0.717) is 0 Å². The molecule has 0 heterocycles. The maximum absolute atomic E-state index is 2.53. The van der Waals surface area contributed by atoms with Crippen molar-refractivity contribution in [1.29, 1.82) is 0 Å². The van der Waals surface area contributed by atoms with Gasteiger partial charge in [-0.1, -0.05) is 26.3 Å². The van der Waals surface area contributed by atoms with Gasteiger partial charge in [0.1, 0.15) is 0 Å². The Hall–Kier alpha value is 0.177. The highest BCUT2D eigenvalue weighted by Crippen LogP contribution is 1.90. The monoisotopic (exact) mass is 145 g/mol. The normalized spacial score (nSPS) is 12.0. The summed E-state index contributed by atoms with van der Waals surface area (Å²) in [6.45, 7) is 5.87. The van der Waals surface area contributed by atoms with Crippen molar-refractivity contribution in [2.24, 2.45) is 0 Å². The molecule has 0 radical (unpaired) electrons. The molecule has 9 heavy (non-hydrogen) atoms. The molecule has 0 rings (SSSR count). The van der Waals surface area contributed by atoms with Crippen molar-refractivity contribution in [2.75, 3.05) is 13.6 Å². The average molecular weight is 145 g/mol. The lowest BCUT2D eigenvalue weighted by molar-refractivity contribution is 0.509. The zero-order valence-corrected chi connectivity index (χ0v) is 8.40. The first kappa shape index (κ1) is 9.18. The van der Waals surface area contributed by atoms with Gasteiger partial charge in [0, 0.05) is 0 Å². The lowest BCUT2D eigenvalue weighted by Crippen LogP contribution is -2.23. The third kappa shape index (κ3) is 6.06. The van der Waals surface area contributed by atoms with Crippen molar-refractivity contribution in [3.05, 3.63) is 0 Å². The minimum atomic E-state index is 0.159. The van der Waals surface area contributed by atoms with E-state index in [4.69, 9.17) is 0 Å². The van der Waals surface area contributed by atoms with Crippen LogP contribution in [-0.4, -0.2) is 27.8 Å². The zero-order valence-electron chi connectivity index (χ0n) is 6.98. The van der Waals surface area contributed by atoms with Gasteiger partial charge in [-0.2, -0.15) is 0 Å². The first-order valence-corrected chi connectivity index (χ1v) is 5.63. The van der Waals surface area contributed by atoms with Crippen LogP contribution < -0.4 is 0 Å². The Morgan fingerprint density at radius 3 is 2.44 bits per heavy atom. The molecule has 0 aliphatic carbocycles. The van der Waals surface area contributed by atoms with Gasteiger partial charge in [-0.15, -0.1) is 0 Å².